The minimum absolute atomic E-state index is 0.256. The summed E-state index contributed by atoms with van der Waals surface area (Å²) in [6.07, 6.45) is 2.25. The van der Waals surface area contributed by atoms with Gasteiger partial charge in [-0.3, -0.25) is 4.21 Å². The molecule has 1 aliphatic heterocycles. The van der Waals surface area contributed by atoms with E-state index in [2.05, 4.69) is 4.98 Å². The van der Waals surface area contributed by atoms with Gasteiger partial charge < -0.3 is 10.1 Å². The molecule has 2 N–H and O–H groups in total. The number of carboxylic acid groups (broad SMARTS) is 1. The van der Waals surface area contributed by atoms with E-state index in [0.717, 1.165) is 11.1 Å². The SMILES string of the molecule is O=C(O)c1[nH]cc2c1CCS(=O)C2. The average Bonchev–Trinajstić information content (AvgIpc) is 2.46. The predicted octanol–water partition coefficient (Wildman–Crippen LogP) is 0.518. The molecule has 2 heterocycles. The first-order valence-corrected chi connectivity index (χ1v) is 5.44. The van der Waals surface area contributed by atoms with E-state index >= 15 is 0 Å². The van der Waals surface area contributed by atoms with E-state index in [1.165, 1.54) is 0 Å². The maximum atomic E-state index is 11.2. The Balaban J connectivity index is 2.44. The molecule has 1 aromatic rings. The first-order chi connectivity index (χ1) is 6.18. The molecule has 1 aliphatic rings. The molecule has 0 spiro atoms. The van der Waals surface area contributed by atoms with Crippen molar-refractivity contribution in [3.63, 3.8) is 0 Å². The van der Waals surface area contributed by atoms with Gasteiger partial charge in [-0.05, 0) is 17.5 Å². The van der Waals surface area contributed by atoms with Gasteiger partial charge in [0.25, 0.3) is 0 Å². The molecule has 1 atom stereocenters. The van der Waals surface area contributed by atoms with Crippen LogP contribution in [0.15, 0.2) is 6.20 Å². The van der Waals surface area contributed by atoms with Crippen molar-refractivity contribution >= 4 is 16.8 Å². The second kappa shape index (κ2) is 2.99. The van der Waals surface area contributed by atoms with Gasteiger partial charge in [0.1, 0.15) is 5.69 Å². The summed E-state index contributed by atoms with van der Waals surface area (Å²) >= 11 is 0. The van der Waals surface area contributed by atoms with Gasteiger partial charge in [0.15, 0.2) is 0 Å². The molecular formula is C8H9NO3S. The van der Waals surface area contributed by atoms with Gasteiger partial charge in [0, 0.05) is 22.7 Å². The Bertz CT molecular complexity index is 383. The van der Waals surface area contributed by atoms with Crippen molar-refractivity contribution in [3.8, 4) is 0 Å². The highest BCUT2D eigenvalue weighted by molar-refractivity contribution is 7.84. The molecule has 4 nitrogen and oxygen atoms in total. The van der Waals surface area contributed by atoms with Crippen LogP contribution in [-0.4, -0.2) is 26.0 Å². The molecule has 0 aromatic carbocycles. The van der Waals surface area contributed by atoms with Crippen molar-refractivity contribution in [2.24, 2.45) is 0 Å². The van der Waals surface area contributed by atoms with E-state index in [1.807, 2.05) is 0 Å². The zero-order valence-corrected chi connectivity index (χ0v) is 7.69. The molecule has 0 aliphatic carbocycles. The molecule has 0 fully saturated rings. The van der Waals surface area contributed by atoms with Gasteiger partial charge in [-0.2, -0.15) is 0 Å². The van der Waals surface area contributed by atoms with Gasteiger partial charge >= 0.3 is 5.97 Å². The minimum Gasteiger partial charge on any atom is -0.477 e. The van der Waals surface area contributed by atoms with Crippen LogP contribution in [0.1, 0.15) is 21.6 Å². The summed E-state index contributed by atoms with van der Waals surface area (Å²) in [6.45, 7) is 0. The molecule has 0 bridgehead atoms. The highest BCUT2D eigenvalue weighted by atomic mass is 32.2. The van der Waals surface area contributed by atoms with Gasteiger partial charge in [-0.25, -0.2) is 4.79 Å². The number of nitrogens with one attached hydrogen (secondary N) is 1. The number of aromatic nitrogens is 1. The van der Waals surface area contributed by atoms with Crippen molar-refractivity contribution in [2.75, 3.05) is 5.75 Å². The van der Waals surface area contributed by atoms with E-state index in [4.69, 9.17) is 5.11 Å². The zero-order valence-electron chi connectivity index (χ0n) is 6.87. The van der Waals surface area contributed by atoms with Crippen LogP contribution in [0.25, 0.3) is 0 Å². The lowest BCUT2D eigenvalue weighted by atomic mass is 10.1. The Kier molecular flexibility index (Phi) is 1.95. The monoisotopic (exact) mass is 199 g/mol. The van der Waals surface area contributed by atoms with Crippen molar-refractivity contribution in [1.29, 1.82) is 0 Å². The summed E-state index contributed by atoms with van der Waals surface area (Å²) < 4.78 is 11.2. The quantitative estimate of drug-likeness (QED) is 0.692. The fourth-order valence-electron chi connectivity index (χ4n) is 1.56. The molecule has 0 radical (unpaired) electrons. The van der Waals surface area contributed by atoms with Crippen LogP contribution in [0.3, 0.4) is 0 Å². The summed E-state index contributed by atoms with van der Waals surface area (Å²) in [4.78, 5) is 13.4. The van der Waals surface area contributed by atoms with Crippen LogP contribution in [0, 0.1) is 0 Å². The van der Waals surface area contributed by atoms with Gasteiger partial charge in [-0.15, -0.1) is 0 Å². The fraction of sp³-hybridized carbons (Fsp3) is 0.375. The Morgan fingerprint density at radius 3 is 3.08 bits per heavy atom. The molecular weight excluding hydrogens is 190 g/mol. The van der Waals surface area contributed by atoms with Crippen LogP contribution in [0.2, 0.25) is 0 Å². The highest BCUT2D eigenvalue weighted by Gasteiger charge is 2.21. The third-order valence-corrected chi connectivity index (χ3v) is 3.48. The lowest BCUT2D eigenvalue weighted by molar-refractivity contribution is 0.0690. The highest BCUT2D eigenvalue weighted by Crippen LogP contribution is 2.21. The number of rotatable bonds is 1. The summed E-state index contributed by atoms with van der Waals surface area (Å²) in [5.41, 5.74) is 1.97. The topological polar surface area (TPSA) is 70.2 Å². The lowest BCUT2D eigenvalue weighted by Crippen LogP contribution is -2.14. The Morgan fingerprint density at radius 2 is 2.38 bits per heavy atom. The van der Waals surface area contributed by atoms with Gasteiger partial charge in [0.05, 0.1) is 5.75 Å². The van der Waals surface area contributed by atoms with Crippen molar-refractivity contribution in [2.45, 2.75) is 12.2 Å². The second-order valence-electron chi connectivity index (χ2n) is 3.01. The summed E-state index contributed by atoms with van der Waals surface area (Å²) in [7, 11) is -0.814. The number of aromatic carboxylic acids is 1. The van der Waals surface area contributed by atoms with E-state index in [0.29, 0.717) is 17.9 Å². The largest absolute Gasteiger partial charge is 0.477 e. The molecule has 1 aromatic heterocycles. The molecule has 0 amide bonds. The fourth-order valence-corrected chi connectivity index (χ4v) is 2.74. The maximum absolute atomic E-state index is 11.2. The van der Waals surface area contributed by atoms with Crippen LogP contribution < -0.4 is 0 Å². The smallest absolute Gasteiger partial charge is 0.352 e. The first-order valence-electron chi connectivity index (χ1n) is 3.96. The molecule has 2 rings (SSSR count). The molecule has 5 heteroatoms. The number of H-pyrrole nitrogens is 1. The number of carboxylic acids is 1. The number of hydrogen-bond acceptors (Lipinski definition) is 2. The zero-order chi connectivity index (χ0) is 9.42. The molecule has 0 saturated heterocycles. The van der Waals surface area contributed by atoms with E-state index in [-0.39, 0.29) is 5.69 Å². The van der Waals surface area contributed by atoms with E-state index in [1.54, 1.807) is 6.20 Å². The Labute approximate surface area is 77.4 Å². The van der Waals surface area contributed by atoms with Crippen LogP contribution in [-0.2, 0) is 23.0 Å². The van der Waals surface area contributed by atoms with Crippen LogP contribution in [0.5, 0.6) is 0 Å². The second-order valence-corrected chi connectivity index (χ2v) is 4.59. The first kappa shape index (κ1) is 8.50. The van der Waals surface area contributed by atoms with E-state index in [9.17, 15) is 9.00 Å². The van der Waals surface area contributed by atoms with Crippen molar-refractivity contribution in [3.05, 3.63) is 23.0 Å². The summed E-state index contributed by atoms with van der Waals surface area (Å²) in [5.74, 6) is 0.124. The maximum Gasteiger partial charge on any atom is 0.352 e. The third kappa shape index (κ3) is 1.39. The van der Waals surface area contributed by atoms with Crippen LogP contribution in [0.4, 0.5) is 0 Å². The summed E-state index contributed by atoms with van der Waals surface area (Å²) in [6, 6.07) is 0. The minimum atomic E-state index is -0.936. The predicted molar refractivity (Wildman–Crippen MR) is 48.2 cm³/mol. The van der Waals surface area contributed by atoms with Crippen molar-refractivity contribution < 1.29 is 14.1 Å². The number of fused-ring (bicyclic) bond motifs is 1. The summed E-state index contributed by atoms with van der Waals surface area (Å²) in [5, 5.41) is 8.79. The van der Waals surface area contributed by atoms with Gasteiger partial charge in [0.2, 0.25) is 0 Å². The molecule has 1 unspecified atom stereocenters. The normalized spacial score (nSPS) is 21.1. The molecule has 70 valence electrons. The van der Waals surface area contributed by atoms with Crippen LogP contribution >= 0.6 is 0 Å². The molecule has 13 heavy (non-hydrogen) atoms. The number of hydrogen-bond donors (Lipinski definition) is 2. The lowest BCUT2D eigenvalue weighted by Gasteiger charge is -2.10. The van der Waals surface area contributed by atoms with E-state index < -0.39 is 16.8 Å². The number of carbonyl (C=O) groups is 1. The standard InChI is InChI=1S/C8H9NO3S/c10-8(11)7-6-1-2-13(12)4-5(6)3-9-7/h3,9H,1-2,4H2,(H,10,11). The average molecular weight is 199 g/mol. The molecule has 0 saturated carbocycles. The third-order valence-electron chi connectivity index (χ3n) is 2.19. The Morgan fingerprint density at radius 1 is 1.62 bits per heavy atom. The Hall–Kier alpha value is -1.10. The number of aromatic amines is 1. The van der Waals surface area contributed by atoms with Gasteiger partial charge in [-0.1, -0.05) is 0 Å². The van der Waals surface area contributed by atoms with Crippen molar-refractivity contribution in [1.82, 2.24) is 4.98 Å².